The molecule has 0 unspecified atom stereocenters. The Bertz CT molecular complexity index is 1320. The van der Waals surface area contributed by atoms with Crippen molar-refractivity contribution >= 4 is 50.8 Å². The molecule has 0 aliphatic rings. The van der Waals surface area contributed by atoms with Crippen LogP contribution < -0.4 is 15.6 Å². The van der Waals surface area contributed by atoms with Crippen molar-refractivity contribution in [3.8, 4) is 5.75 Å². The zero-order valence-electron chi connectivity index (χ0n) is 17.2. The van der Waals surface area contributed by atoms with E-state index in [0.29, 0.717) is 44.1 Å². The second-order valence-electron chi connectivity index (χ2n) is 6.45. The average molecular weight is 470 g/mol. The lowest BCUT2D eigenvalue weighted by molar-refractivity contribution is 0.0601. The molecule has 2 heterocycles. The number of nitrogens with zero attached hydrogens (tertiary/aromatic N) is 3. The SMILES string of the molecule is CCOc1ccccc1Nc1nnc(SCc2nc3cc(C(=O)OC)ccc3c(=O)[nH]2)s1. The molecule has 0 fully saturated rings. The van der Waals surface area contributed by atoms with Crippen LogP contribution in [-0.4, -0.2) is 39.9 Å². The van der Waals surface area contributed by atoms with E-state index in [0.717, 1.165) is 11.4 Å². The Labute approximate surface area is 191 Å². The Morgan fingerprint density at radius 2 is 2.06 bits per heavy atom. The number of methoxy groups -OCH3 is 1. The summed E-state index contributed by atoms with van der Waals surface area (Å²) in [5, 5.41) is 12.6. The molecule has 0 radical (unpaired) electrons. The van der Waals surface area contributed by atoms with Gasteiger partial charge in [-0.2, -0.15) is 0 Å². The topological polar surface area (TPSA) is 119 Å². The van der Waals surface area contributed by atoms with E-state index < -0.39 is 5.97 Å². The fourth-order valence-electron chi connectivity index (χ4n) is 2.92. The van der Waals surface area contributed by atoms with E-state index in [1.165, 1.54) is 30.2 Å². The summed E-state index contributed by atoms with van der Waals surface area (Å²) < 4.78 is 11.1. The number of fused-ring (bicyclic) bond motifs is 1. The van der Waals surface area contributed by atoms with Crippen molar-refractivity contribution in [1.82, 2.24) is 20.2 Å². The Kier molecular flexibility index (Phi) is 6.66. The van der Waals surface area contributed by atoms with Gasteiger partial charge >= 0.3 is 5.97 Å². The van der Waals surface area contributed by atoms with Gasteiger partial charge in [-0.3, -0.25) is 4.79 Å². The second kappa shape index (κ2) is 9.79. The smallest absolute Gasteiger partial charge is 0.337 e. The van der Waals surface area contributed by atoms with E-state index in [2.05, 4.69) is 25.5 Å². The molecule has 0 atom stereocenters. The van der Waals surface area contributed by atoms with Crippen LogP contribution in [0, 0.1) is 0 Å². The predicted octanol–water partition coefficient (Wildman–Crippen LogP) is 4.00. The summed E-state index contributed by atoms with van der Waals surface area (Å²) in [7, 11) is 1.31. The van der Waals surface area contributed by atoms with Crippen molar-refractivity contribution in [3.63, 3.8) is 0 Å². The summed E-state index contributed by atoms with van der Waals surface area (Å²) in [5.41, 5.74) is 1.31. The first-order chi connectivity index (χ1) is 15.6. The minimum Gasteiger partial charge on any atom is -0.492 e. The van der Waals surface area contributed by atoms with Crippen molar-refractivity contribution in [2.75, 3.05) is 19.0 Å². The van der Waals surface area contributed by atoms with Crippen molar-refractivity contribution in [3.05, 3.63) is 64.2 Å². The van der Waals surface area contributed by atoms with Gasteiger partial charge in [0, 0.05) is 0 Å². The molecule has 0 spiro atoms. The highest BCUT2D eigenvalue weighted by Gasteiger charge is 2.12. The number of para-hydroxylation sites is 2. The van der Waals surface area contributed by atoms with E-state index in [-0.39, 0.29) is 5.56 Å². The lowest BCUT2D eigenvalue weighted by Crippen LogP contribution is -2.12. The highest BCUT2D eigenvalue weighted by Crippen LogP contribution is 2.32. The number of carbonyl (C=O) groups excluding carboxylic acids is 1. The summed E-state index contributed by atoms with van der Waals surface area (Å²) in [5.74, 6) is 1.12. The summed E-state index contributed by atoms with van der Waals surface area (Å²) in [6, 6.07) is 12.3. The van der Waals surface area contributed by atoms with Crippen LogP contribution in [0.3, 0.4) is 0 Å². The molecule has 2 aromatic heterocycles. The van der Waals surface area contributed by atoms with Crippen molar-refractivity contribution in [1.29, 1.82) is 0 Å². The third-order valence-corrected chi connectivity index (χ3v) is 6.33. The summed E-state index contributed by atoms with van der Waals surface area (Å²) >= 11 is 2.79. The molecular weight excluding hydrogens is 450 g/mol. The molecule has 9 nitrogen and oxygen atoms in total. The number of rotatable bonds is 8. The normalized spacial score (nSPS) is 10.8. The van der Waals surface area contributed by atoms with Crippen molar-refractivity contribution in [2.45, 2.75) is 17.0 Å². The maximum absolute atomic E-state index is 12.4. The molecule has 0 saturated heterocycles. The lowest BCUT2D eigenvalue weighted by Gasteiger charge is -2.09. The number of aromatic nitrogens is 4. The number of esters is 1. The Balaban J connectivity index is 1.48. The van der Waals surface area contributed by atoms with E-state index in [1.807, 2.05) is 31.2 Å². The number of hydrogen-bond donors (Lipinski definition) is 2. The molecule has 0 amide bonds. The quantitative estimate of drug-likeness (QED) is 0.291. The van der Waals surface area contributed by atoms with Crippen LogP contribution in [0.25, 0.3) is 10.9 Å². The van der Waals surface area contributed by atoms with Crippen LogP contribution in [0.5, 0.6) is 5.75 Å². The molecule has 0 bridgehead atoms. The largest absolute Gasteiger partial charge is 0.492 e. The van der Waals surface area contributed by atoms with E-state index in [1.54, 1.807) is 18.2 Å². The van der Waals surface area contributed by atoms with Gasteiger partial charge in [0.15, 0.2) is 4.34 Å². The molecule has 164 valence electrons. The van der Waals surface area contributed by atoms with Gasteiger partial charge in [-0.05, 0) is 37.3 Å². The lowest BCUT2D eigenvalue weighted by atomic mass is 10.1. The number of aromatic amines is 1. The zero-order valence-corrected chi connectivity index (χ0v) is 18.9. The fraction of sp³-hybridized carbons (Fsp3) is 0.190. The number of H-pyrrole nitrogens is 1. The number of carbonyl (C=O) groups is 1. The van der Waals surface area contributed by atoms with Gasteiger partial charge in [0.1, 0.15) is 11.6 Å². The summed E-state index contributed by atoms with van der Waals surface area (Å²) in [6.07, 6.45) is 0. The minimum atomic E-state index is -0.482. The third kappa shape index (κ3) is 4.89. The predicted molar refractivity (Wildman–Crippen MR) is 124 cm³/mol. The van der Waals surface area contributed by atoms with Crippen molar-refractivity contribution < 1.29 is 14.3 Å². The molecule has 2 aromatic carbocycles. The maximum atomic E-state index is 12.4. The Morgan fingerprint density at radius 3 is 2.88 bits per heavy atom. The number of anilines is 2. The molecule has 0 aliphatic carbocycles. The van der Waals surface area contributed by atoms with Crippen LogP contribution in [0.2, 0.25) is 0 Å². The maximum Gasteiger partial charge on any atom is 0.337 e. The molecule has 2 N–H and O–H groups in total. The van der Waals surface area contributed by atoms with E-state index in [4.69, 9.17) is 9.47 Å². The van der Waals surface area contributed by atoms with Crippen LogP contribution in [-0.2, 0) is 10.5 Å². The minimum absolute atomic E-state index is 0.269. The van der Waals surface area contributed by atoms with Gasteiger partial charge in [-0.25, -0.2) is 9.78 Å². The van der Waals surface area contributed by atoms with Crippen molar-refractivity contribution in [2.24, 2.45) is 0 Å². The van der Waals surface area contributed by atoms with Crippen LogP contribution >= 0.6 is 23.1 Å². The first-order valence-electron chi connectivity index (χ1n) is 9.63. The van der Waals surface area contributed by atoms with Gasteiger partial charge in [0.05, 0.1) is 41.6 Å². The van der Waals surface area contributed by atoms with Crippen LogP contribution in [0.15, 0.2) is 51.6 Å². The first kappa shape index (κ1) is 21.8. The average Bonchev–Trinajstić information content (AvgIpc) is 3.25. The fourth-order valence-corrected chi connectivity index (χ4v) is 4.55. The van der Waals surface area contributed by atoms with Crippen LogP contribution in [0.1, 0.15) is 23.1 Å². The van der Waals surface area contributed by atoms with Gasteiger partial charge in [0.2, 0.25) is 5.13 Å². The molecule has 4 rings (SSSR count). The molecular formula is C21H19N5O4S2. The standard InChI is InChI=1S/C21H19N5O4S2/c1-3-30-16-7-5-4-6-14(16)23-20-25-26-21(32-20)31-11-17-22-15-10-12(19(28)29-2)8-9-13(15)18(27)24-17/h4-10H,3,11H2,1-2H3,(H,23,25)(H,22,24,27). The number of thioether (sulfide) groups is 1. The molecule has 32 heavy (non-hydrogen) atoms. The highest BCUT2D eigenvalue weighted by atomic mass is 32.2. The number of ether oxygens (including phenoxy) is 2. The molecule has 0 saturated carbocycles. The Morgan fingerprint density at radius 1 is 1.22 bits per heavy atom. The van der Waals surface area contributed by atoms with E-state index >= 15 is 0 Å². The number of benzene rings is 2. The van der Waals surface area contributed by atoms with Gasteiger partial charge in [-0.1, -0.05) is 35.2 Å². The molecule has 0 aliphatic heterocycles. The van der Waals surface area contributed by atoms with Gasteiger partial charge in [-0.15, -0.1) is 10.2 Å². The monoisotopic (exact) mass is 469 g/mol. The highest BCUT2D eigenvalue weighted by molar-refractivity contribution is 8.00. The zero-order chi connectivity index (χ0) is 22.5. The third-order valence-electron chi connectivity index (χ3n) is 4.34. The van der Waals surface area contributed by atoms with Gasteiger partial charge in [0.25, 0.3) is 5.56 Å². The molecule has 4 aromatic rings. The van der Waals surface area contributed by atoms with E-state index in [9.17, 15) is 9.59 Å². The number of hydrogen-bond acceptors (Lipinski definition) is 10. The van der Waals surface area contributed by atoms with Gasteiger partial charge < -0.3 is 19.8 Å². The summed E-state index contributed by atoms with van der Waals surface area (Å²) in [4.78, 5) is 31.4. The van der Waals surface area contributed by atoms with Crippen LogP contribution in [0.4, 0.5) is 10.8 Å². The molecule has 11 heteroatoms. The second-order valence-corrected chi connectivity index (χ2v) is 8.65. The number of nitrogens with one attached hydrogen (secondary N) is 2. The Hall–Kier alpha value is -3.44. The first-order valence-corrected chi connectivity index (χ1v) is 11.4. The summed E-state index contributed by atoms with van der Waals surface area (Å²) in [6.45, 7) is 2.49.